The molecule has 1 amide bonds. The zero-order valence-corrected chi connectivity index (χ0v) is 13.2. The Morgan fingerprint density at radius 1 is 1.22 bits per heavy atom. The van der Waals surface area contributed by atoms with Gasteiger partial charge in [0, 0.05) is 17.2 Å². The highest BCUT2D eigenvalue weighted by molar-refractivity contribution is 5.91. The van der Waals surface area contributed by atoms with Crippen LogP contribution in [0.1, 0.15) is 20.8 Å². The van der Waals surface area contributed by atoms with Crippen LogP contribution in [0.2, 0.25) is 0 Å². The Morgan fingerprint density at radius 3 is 2.43 bits per heavy atom. The van der Waals surface area contributed by atoms with E-state index in [2.05, 4.69) is 5.32 Å². The minimum absolute atomic E-state index is 0.187. The van der Waals surface area contributed by atoms with Gasteiger partial charge in [-0.25, -0.2) is 9.18 Å². The van der Waals surface area contributed by atoms with Crippen LogP contribution in [-0.4, -0.2) is 16.8 Å². The molecule has 122 valence electrons. The maximum absolute atomic E-state index is 14.1. The molecule has 5 nitrogen and oxygen atoms in total. The Morgan fingerprint density at radius 2 is 1.87 bits per heavy atom. The van der Waals surface area contributed by atoms with Crippen LogP contribution in [0.5, 0.6) is 5.75 Å². The molecule has 2 aromatic carbocycles. The number of nitrogens with one attached hydrogen (secondary N) is 1. The van der Waals surface area contributed by atoms with Crippen LogP contribution in [-0.2, 0) is 0 Å². The van der Waals surface area contributed by atoms with Crippen LogP contribution < -0.4 is 15.8 Å². The highest BCUT2D eigenvalue weighted by Gasteiger charge is 2.20. The summed E-state index contributed by atoms with van der Waals surface area (Å²) in [6, 6.07) is 9.23. The van der Waals surface area contributed by atoms with E-state index in [1.807, 2.05) is 20.8 Å². The fraction of sp³-hybridized carbons (Fsp3) is 0.235. The Bertz CT molecular complexity index is 739. The second-order valence-electron chi connectivity index (χ2n) is 6.06. The van der Waals surface area contributed by atoms with Gasteiger partial charge in [0.25, 0.3) is 0 Å². The molecule has 0 aliphatic rings. The van der Waals surface area contributed by atoms with Crippen LogP contribution in [0.15, 0.2) is 36.4 Å². The molecule has 0 fully saturated rings. The molecule has 23 heavy (non-hydrogen) atoms. The third kappa shape index (κ3) is 4.12. The summed E-state index contributed by atoms with van der Waals surface area (Å²) in [6.07, 6.45) is -1.24. The summed E-state index contributed by atoms with van der Waals surface area (Å²) >= 11 is 0. The molecule has 0 bridgehead atoms. The number of nitrogens with two attached hydrogens (primary N) is 1. The number of anilines is 2. The van der Waals surface area contributed by atoms with E-state index in [-0.39, 0.29) is 11.4 Å². The molecule has 0 aromatic heterocycles. The van der Waals surface area contributed by atoms with Crippen molar-refractivity contribution < 1.29 is 19.0 Å². The Balaban J connectivity index is 2.62. The number of ether oxygens (including phenoxy) is 1. The highest BCUT2D eigenvalue weighted by Crippen LogP contribution is 2.39. The fourth-order valence-electron chi connectivity index (χ4n) is 2.12. The zero-order chi connectivity index (χ0) is 17.2. The minimum atomic E-state index is -1.24. The van der Waals surface area contributed by atoms with Gasteiger partial charge in [-0.1, -0.05) is 18.2 Å². The number of hydrogen-bond donors (Lipinski definition) is 3. The summed E-state index contributed by atoms with van der Waals surface area (Å²) in [6.45, 7) is 5.54. The van der Waals surface area contributed by atoms with Crippen molar-refractivity contribution in [2.24, 2.45) is 0 Å². The quantitative estimate of drug-likeness (QED) is 0.735. The lowest BCUT2D eigenvalue weighted by Crippen LogP contribution is -2.23. The number of hydrogen-bond acceptors (Lipinski definition) is 3. The molecule has 0 unspecified atom stereocenters. The highest BCUT2D eigenvalue weighted by atomic mass is 19.1. The van der Waals surface area contributed by atoms with Gasteiger partial charge in [0.05, 0.1) is 11.4 Å². The fourth-order valence-corrected chi connectivity index (χ4v) is 2.12. The molecule has 2 aromatic rings. The predicted octanol–water partition coefficient (Wildman–Crippen LogP) is 4.34. The number of nitrogen functional groups attached to an aromatic ring is 1. The lowest BCUT2D eigenvalue weighted by Gasteiger charge is -2.24. The first-order chi connectivity index (χ1) is 10.7. The van der Waals surface area contributed by atoms with E-state index in [9.17, 15) is 9.18 Å². The molecule has 0 atom stereocenters. The normalized spacial score (nSPS) is 11.1. The lowest BCUT2D eigenvalue weighted by molar-refractivity contribution is 0.132. The van der Waals surface area contributed by atoms with Crippen molar-refractivity contribution in [3.05, 3.63) is 42.2 Å². The monoisotopic (exact) mass is 318 g/mol. The Kier molecular flexibility index (Phi) is 4.45. The molecule has 6 heteroatoms. The molecular weight excluding hydrogens is 299 g/mol. The second-order valence-corrected chi connectivity index (χ2v) is 6.06. The van der Waals surface area contributed by atoms with Gasteiger partial charge in [-0.05, 0) is 32.9 Å². The molecule has 0 spiro atoms. The summed E-state index contributed by atoms with van der Waals surface area (Å²) in [5.74, 6) is -0.0647. The van der Waals surface area contributed by atoms with Crippen molar-refractivity contribution in [2.75, 3.05) is 11.1 Å². The third-order valence-corrected chi connectivity index (χ3v) is 2.97. The number of benzene rings is 2. The van der Waals surface area contributed by atoms with Gasteiger partial charge in [-0.2, -0.15) is 0 Å². The van der Waals surface area contributed by atoms with Gasteiger partial charge < -0.3 is 15.6 Å². The van der Waals surface area contributed by atoms with Crippen molar-refractivity contribution >= 4 is 17.5 Å². The van der Waals surface area contributed by atoms with Gasteiger partial charge in [0.2, 0.25) is 0 Å². The van der Waals surface area contributed by atoms with E-state index in [0.717, 1.165) is 0 Å². The number of amides is 1. The summed E-state index contributed by atoms with van der Waals surface area (Å²) in [5, 5.41) is 11.1. The Labute approximate surface area is 133 Å². The zero-order valence-electron chi connectivity index (χ0n) is 13.2. The lowest BCUT2D eigenvalue weighted by atomic mass is 10.0. The summed E-state index contributed by atoms with van der Waals surface area (Å²) in [4.78, 5) is 10.9. The van der Waals surface area contributed by atoms with Crippen LogP contribution in [0.4, 0.5) is 20.6 Å². The molecule has 0 heterocycles. The predicted molar refractivity (Wildman–Crippen MR) is 88.3 cm³/mol. The summed E-state index contributed by atoms with van der Waals surface area (Å²) in [5.41, 5.74) is 6.52. The van der Waals surface area contributed by atoms with Crippen LogP contribution >= 0.6 is 0 Å². The van der Waals surface area contributed by atoms with Gasteiger partial charge in [0.1, 0.15) is 17.2 Å². The first kappa shape index (κ1) is 16.6. The second kappa shape index (κ2) is 6.16. The van der Waals surface area contributed by atoms with E-state index in [1.165, 1.54) is 18.2 Å². The maximum Gasteiger partial charge on any atom is 0.409 e. The van der Waals surface area contributed by atoms with Crippen LogP contribution in [0.3, 0.4) is 0 Å². The molecule has 0 aliphatic heterocycles. The van der Waals surface area contributed by atoms with Gasteiger partial charge in [-0.15, -0.1) is 0 Å². The van der Waals surface area contributed by atoms with Crippen molar-refractivity contribution in [3.63, 3.8) is 0 Å². The van der Waals surface area contributed by atoms with Gasteiger partial charge in [0.15, 0.2) is 0 Å². The van der Waals surface area contributed by atoms with Crippen molar-refractivity contribution in [3.8, 4) is 16.9 Å². The molecule has 0 saturated heterocycles. The average molecular weight is 318 g/mol. The van der Waals surface area contributed by atoms with Crippen molar-refractivity contribution in [1.29, 1.82) is 0 Å². The van der Waals surface area contributed by atoms with E-state index < -0.39 is 17.5 Å². The van der Waals surface area contributed by atoms with Crippen LogP contribution in [0, 0.1) is 5.82 Å². The van der Waals surface area contributed by atoms with Gasteiger partial charge >= 0.3 is 6.09 Å². The van der Waals surface area contributed by atoms with Crippen LogP contribution in [0.25, 0.3) is 11.1 Å². The largest absolute Gasteiger partial charge is 0.487 e. The first-order valence-corrected chi connectivity index (χ1v) is 7.05. The summed E-state index contributed by atoms with van der Waals surface area (Å²) < 4.78 is 20.0. The topological polar surface area (TPSA) is 84.6 Å². The Hall–Kier alpha value is -2.76. The minimum Gasteiger partial charge on any atom is -0.487 e. The van der Waals surface area contributed by atoms with E-state index in [1.54, 1.807) is 18.2 Å². The molecule has 0 aliphatic carbocycles. The average Bonchev–Trinajstić information content (AvgIpc) is 2.41. The molecule has 2 rings (SSSR count). The van der Waals surface area contributed by atoms with E-state index in [0.29, 0.717) is 16.9 Å². The number of carboxylic acid groups (broad SMARTS) is 1. The molecular formula is C17H19FN2O3. The summed E-state index contributed by atoms with van der Waals surface area (Å²) in [7, 11) is 0. The van der Waals surface area contributed by atoms with Crippen molar-refractivity contribution in [2.45, 2.75) is 26.4 Å². The van der Waals surface area contributed by atoms with E-state index in [4.69, 9.17) is 15.6 Å². The number of carbonyl (C=O) groups is 1. The molecule has 0 radical (unpaired) electrons. The van der Waals surface area contributed by atoms with Gasteiger partial charge in [-0.3, -0.25) is 5.32 Å². The first-order valence-electron chi connectivity index (χ1n) is 7.05. The number of halogens is 1. The third-order valence-electron chi connectivity index (χ3n) is 2.97. The number of rotatable bonds is 3. The SMILES string of the molecule is CC(C)(C)Oc1cc(NC(=O)O)c(N)cc1-c1ccccc1F. The smallest absolute Gasteiger partial charge is 0.409 e. The standard InChI is InChI=1S/C17H19FN2O3/c1-17(2,3)23-15-9-14(20-16(21)22)13(19)8-11(15)10-6-4-5-7-12(10)18/h4-9,20H,19H2,1-3H3,(H,21,22). The molecule has 4 N–H and O–H groups in total. The van der Waals surface area contributed by atoms with E-state index >= 15 is 0 Å². The maximum atomic E-state index is 14.1. The molecule has 0 saturated carbocycles. The van der Waals surface area contributed by atoms with Crippen molar-refractivity contribution in [1.82, 2.24) is 0 Å².